The van der Waals surface area contributed by atoms with Crippen molar-refractivity contribution in [3.8, 4) is 5.75 Å². The highest BCUT2D eigenvalue weighted by atomic mass is 31.2. The van der Waals surface area contributed by atoms with Crippen molar-refractivity contribution in [3.63, 3.8) is 0 Å². The van der Waals surface area contributed by atoms with E-state index < -0.39 is 46.8 Å². The predicted octanol–water partition coefficient (Wildman–Crippen LogP) is -0.193. The number of phenols is 1. The van der Waals surface area contributed by atoms with Gasteiger partial charge in [-0.1, -0.05) is 12.5 Å². The highest BCUT2D eigenvalue weighted by Crippen LogP contribution is 2.34. The van der Waals surface area contributed by atoms with Crippen LogP contribution in [0, 0.1) is 20.2 Å². The molecule has 28 heavy (non-hydrogen) atoms. The van der Waals surface area contributed by atoms with Crippen LogP contribution in [-0.4, -0.2) is 53.3 Å². The van der Waals surface area contributed by atoms with E-state index in [4.69, 9.17) is 40.9 Å². The third-order valence-electron chi connectivity index (χ3n) is 2.66. The van der Waals surface area contributed by atoms with Gasteiger partial charge in [0.15, 0.2) is 0 Å². The number of nitro benzene ring substituents is 2. The number of para-hydroxylation sites is 1. The van der Waals surface area contributed by atoms with Crippen molar-refractivity contribution in [2.75, 3.05) is 6.54 Å². The number of carbonyl (C=O) groups is 1. The molecule has 0 aliphatic rings. The molecule has 0 radical (unpaired) electrons. The van der Waals surface area contributed by atoms with Crippen molar-refractivity contribution in [3.05, 3.63) is 38.4 Å². The number of nitrogens with two attached hydrogens (primary N) is 2. The van der Waals surface area contributed by atoms with E-state index in [0.29, 0.717) is 13.0 Å². The standard InChI is InChI=1S/C6H4N2O5.C6H14N2O2.H3O4P/c9-5-3-1-2-4(7(10)11)6(5)8(12)13;7-4-2-1-3-5(8)6(9)10;1-5(2,3)4/h1-3,9H;5H,1-4,7-8H2,(H,9,10);(H3,1,2,3,4)/t;5-;/m.0./s1. The molecule has 0 saturated heterocycles. The molecule has 1 atom stereocenters. The van der Waals surface area contributed by atoms with Crippen LogP contribution in [0.4, 0.5) is 11.4 Å². The second kappa shape index (κ2) is 13.5. The smallest absolute Gasteiger partial charge is 0.466 e. The first-order valence-electron chi connectivity index (χ1n) is 7.29. The monoisotopic (exact) mass is 428 g/mol. The fourth-order valence-electron chi connectivity index (χ4n) is 1.49. The highest BCUT2D eigenvalue weighted by Gasteiger charge is 2.27. The lowest BCUT2D eigenvalue weighted by atomic mass is 10.1. The van der Waals surface area contributed by atoms with Crippen LogP contribution < -0.4 is 11.5 Å². The molecule has 0 fully saturated rings. The summed E-state index contributed by atoms with van der Waals surface area (Å²) in [5.74, 6) is -1.64. The zero-order valence-electron chi connectivity index (χ0n) is 14.3. The molecule has 0 bridgehead atoms. The van der Waals surface area contributed by atoms with E-state index in [2.05, 4.69) is 0 Å². The zero-order valence-corrected chi connectivity index (χ0v) is 15.2. The summed E-state index contributed by atoms with van der Waals surface area (Å²) in [5.41, 5.74) is 8.82. The average Bonchev–Trinajstić information content (AvgIpc) is 2.53. The van der Waals surface area contributed by atoms with Crippen LogP contribution in [0.25, 0.3) is 0 Å². The summed E-state index contributed by atoms with van der Waals surface area (Å²) in [6.45, 7) is 0.604. The van der Waals surface area contributed by atoms with Gasteiger partial charge in [0.2, 0.25) is 5.75 Å². The molecule has 1 aromatic carbocycles. The number of unbranched alkanes of at least 4 members (excludes halogenated alkanes) is 1. The van der Waals surface area contributed by atoms with E-state index in [1.807, 2.05) is 0 Å². The van der Waals surface area contributed by atoms with Gasteiger partial charge in [0.25, 0.3) is 0 Å². The molecule has 1 aromatic rings. The molecule has 0 unspecified atom stereocenters. The van der Waals surface area contributed by atoms with E-state index >= 15 is 0 Å². The molecule has 15 nitrogen and oxygen atoms in total. The molecule has 0 aromatic heterocycles. The van der Waals surface area contributed by atoms with Gasteiger partial charge in [-0.25, -0.2) is 4.57 Å². The van der Waals surface area contributed by atoms with E-state index in [9.17, 15) is 25.0 Å². The molecular formula is C12H21N4O11P. The first-order valence-corrected chi connectivity index (χ1v) is 8.86. The first kappa shape index (κ1) is 27.5. The van der Waals surface area contributed by atoms with Crippen molar-refractivity contribution in [1.29, 1.82) is 0 Å². The van der Waals surface area contributed by atoms with Crippen molar-refractivity contribution in [2.24, 2.45) is 11.5 Å². The zero-order chi connectivity index (χ0) is 22.5. The number of carboxylic acids is 1. The molecule has 0 aliphatic carbocycles. The summed E-state index contributed by atoms with van der Waals surface area (Å²) >= 11 is 0. The number of aromatic hydroxyl groups is 1. The van der Waals surface area contributed by atoms with Crippen LogP contribution in [0.3, 0.4) is 0 Å². The number of phenolic OH excluding ortho intramolecular Hbond substituents is 1. The molecule has 160 valence electrons. The quantitative estimate of drug-likeness (QED) is 0.128. The summed E-state index contributed by atoms with van der Waals surface area (Å²) in [7, 11) is -4.64. The lowest BCUT2D eigenvalue weighted by molar-refractivity contribution is -0.423. The summed E-state index contributed by atoms with van der Waals surface area (Å²) < 4.78 is 8.88. The van der Waals surface area contributed by atoms with E-state index in [1.54, 1.807) is 0 Å². The second-order valence-electron chi connectivity index (χ2n) is 4.90. The number of benzene rings is 1. The van der Waals surface area contributed by atoms with Gasteiger partial charge >= 0.3 is 25.2 Å². The Hall–Kier alpha value is -2.68. The highest BCUT2D eigenvalue weighted by molar-refractivity contribution is 7.45. The predicted molar refractivity (Wildman–Crippen MR) is 94.2 cm³/mol. The minimum Gasteiger partial charge on any atom is -0.502 e. The molecule has 0 aliphatic heterocycles. The number of phosphoric acid groups is 1. The van der Waals surface area contributed by atoms with Crippen LogP contribution in [0.15, 0.2) is 18.2 Å². The third-order valence-corrected chi connectivity index (χ3v) is 2.66. The number of aliphatic carboxylic acids is 1. The van der Waals surface area contributed by atoms with Gasteiger partial charge in [0.05, 0.1) is 9.85 Å². The Labute approximate surface area is 157 Å². The number of rotatable bonds is 7. The number of hydrogen-bond acceptors (Lipinski definition) is 9. The maximum Gasteiger partial charge on any atom is 0.466 e. The van der Waals surface area contributed by atoms with Gasteiger partial charge in [0, 0.05) is 6.07 Å². The second-order valence-corrected chi connectivity index (χ2v) is 5.93. The minimum atomic E-state index is -4.64. The number of nitro groups is 2. The Kier molecular flexibility index (Phi) is 13.3. The maximum atomic E-state index is 10.3. The molecule has 0 saturated carbocycles. The van der Waals surface area contributed by atoms with E-state index in [-0.39, 0.29) is 0 Å². The summed E-state index contributed by atoms with van der Waals surface area (Å²) in [6, 6.07) is 2.43. The SMILES string of the molecule is NCCCC[C@H](N)C(=O)O.O=P(O)(O)O.O=[N+]([O-])c1cccc(O)c1[N+](=O)[O-]. The molecule has 9 N–H and O–H groups in total. The van der Waals surface area contributed by atoms with E-state index in [1.165, 1.54) is 6.07 Å². The number of nitrogens with zero attached hydrogens (tertiary/aromatic N) is 2. The van der Waals surface area contributed by atoms with Gasteiger partial charge in [-0.2, -0.15) is 0 Å². The van der Waals surface area contributed by atoms with Gasteiger partial charge < -0.3 is 36.4 Å². The fourth-order valence-corrected chi connectivity index (χ4v) is 1.49. The van der Waals surface area contributed by atoms with Crippen LogP contribution >= 0.6 is 7.82 Å². The summed E-state index contributed by atoms with van der Waals surface area (Å²) in [5, 5.41) is 37.8. The van der Waals surface area contributed by atoms with Crippen molar-refractivity contribution in [2.45, 2.75) is 25.3 Å². The lowest BCUT2D eigenvalue weighted by Crippen LogP contribution is -2.29. The topological polar surface area (TPSA) is 274 Å². The molecular weight excluding hydrogens is 407 g/mol. The molecule has 16 heteroatoms. The Morgan fingerprint density at radius 2 is 1.64 bits per heavy atom. The average molecular weight is 428 g/mol. The lowest BCUT2D eigenvalue weighted by Gasteiger charge is -2.03. The minimum absolute atomic E-state index is 0.520. The van der Waals surface area contributed by atoms with Crippen LogP contribution in [0.5, 0.6) is 5.75 Å². The van der Waals surface area contributed by atoms with Crippen molar-refractivity contribution >= 4 is 25.2 Å². The van der Waals surface area contributed by atoms with Gasteiger partial charge in [-0.3, -0.25) is 25.0 Å². The Morgan fingerprint density at radius 3 is 1.96 bits per heavy atom. The molecule has 0 amide bonds. The Morgan fingerprint density at radius 1 is 1.14 bits per heavy atom. The maximum absolute atomic E-state index is 10.3. The van der Waals surface area contributed by atoms with Crippen LogP contribution in [-0.2, 0) is 9.36 Å². The normalized spacial score (nSPS) is 11.2. The van der Waals surface area contributed by atoms with Crippen molar-refractivity contribution in [1.82, 2.24) is 0 Å². The van der Waals surface area contributed by atoms with Crippen molar-refractivity contribution < 1.29 is 44.1 Å². The molecule has 0 spiro atoms. The van der Waals surface area contributed by atoms with E-state index in [0.717, 1.165) is 25.0 Å². The van der Waals surface area contributed by atoms with Gasteiger partial charge in [-0.15, -0.1) is 0 Å². The largest absolute Gasteiger partial charge is 0.502 e. The summed E-state index contributed by atoms with van der Waals surface area (Å²) in [4.78, 5) is 50.3. The van der Waals surface area contributed by atoms with Gasteiger partial charge in [0.1, 0.15) is 6.04 Å². The molecule has 0 heterocycles. The fraction of sp³-hybridized carbons (Fsp3) is 0.417. The summed E-state index contributed by atoms with van der Waals surface area (Å²) in [6.07, 6.45) is 2.16. The number of hydrogen-bond donors (Lipinski definition) is 7. The molecule has 1 rings (SSSR count). The van der Waals surface area contributed by atoms with Crippen LogP contribution in [0.2, 0.25) is 0 Å². The number of carboxylic acid groups (broad SMARTS) is 1. The van der Waals surface area contributed by atoms with Crippen LogP contribution in [0.1, 0.15) is 19.3 Å². The van der Waals surface area contributed by atoms with Gasteiger partial charge in [-0.05, 0) is 25.5 Å². The first-order chi connectivity index (χ1) is 12.7. The Bertz CT molecular complexity index is 701. The third kappa shape index (κ3) is 14.5. The Balaban J connectivity index is 0.